The number of methoxy groups -OCH3 is 1. The lowest BCUT2D eigenvalue weighted by Gasteiger charge is -2.25. The maximum absolute atomic E-state index is 13.0. The predicted octanol–water partition coefficient (Wildman–Crippen LogP) is 2.11. The highest BCUT2D eigenvalue weighted by Gasteiger charge is 2.46. The standard InChI is InChI=1S/C24H28N2O8S/c1-5-34-19-14-16(8-11-18(19)27)21-20(23(29)24(30)26(21)12-13-33-4)22(28)15-6-9-17(10-7-15)35(31,32)25(2)3/h6-11,14,21,27-28H,5,12-13H2,1-4H3. The normalized spacial score (nSPS) is 17.9. The fraction of sp³-hybridized carbons (Fsp3) is 0.333. The van der Waals surface area contributed by atoms with E-state index in [9.17, 15) is 28.2 Å². The highest BCUT2D eigenvalue weighted by molar-refractivity contribution is 7.89. The van der Waals surface area contributed by atoms with Gasteiger partial charge < -0.3 is 24.6 Å². The number of rotatable bonds is 9. The van der Waals surface area contributed by atoms with Crippen LogP contribution in [0.15, 0.2) is 52.9 Å². The Labute approximate surface area is 204 Å². The van der Waals surface area contributed by atoms with Gasteiger partial charge in [-0.1, -0.05) is 6.07 Å². The van der Waals surface area contributed by atoms with Crippen LogP contribution in [0.25, 0.3) is 5.76 Å². The van der Waals surface area contributed by atoms with Crippen molar-refractivity contribution in [1.82, 2.24) is 9.21 Å². The van der Waals surface area contributed by atoms with Gasteiger partial charge in [0.1, 0.15) is 5.76 Å². The maximum atomic E-state index is 13.0. The summed E-state index contributed by atoms with van der Waals surface area (Å²) in [6.45, 7) is 2.25. The van der Waals surface area contributed by atoms with Gasteiger partial charge in [0.15, 0.2) is 11.5 Å². The average Bonchev–Trinajstić information content (AvgIpc) is 3.08. The molecule has 35 heavy (non-hydrogen) atoms. The molecule has 11 heteroatoms. The molecular weight excluding hydrogens is 476 g/mol. The monoisotopic (exact) mass is 504 g/mol. The molecule has 0 aromatic heterocycles. The Morgan fingerprint density at radius 2 is 1.77 bits per heavy atom. The second-order valence-electron chi connectivity index (χ2n) is 7.96. The molecule has 1 heterocycles. The van der Waals surface area contributed by atoms with Crippen LogP contribution in [0.3, 0.4) is 0 Å². The van der Waals surface area contributed by atoms with E-state index in [1.54, 1.807) is 6.92 Å². The van der Waals surface area contributed by atoms with Gasteiger partial charge in [-0.3, -0.25) is 9.59 Å². The zero-order valence-electron chi connectivity index (χ0n) is 19.9. The number of aromatic hydroxyl groups is 1. The van der Waals surface area contributed by atoms with E-state index in [-0.39, 0.29) is 47.3 Å². The van der Waals surface area contributed by atoms with Gasteiger partial charge in [-0.05, 0) is 48.9 Å². The van der Waals surface area contributed by atoms with Gasteiger partial charge in [-0.15, -0.1) is 0 Å². The van der Waals surface area contributed by atoms with Crippen molar-refractivity contribution in [2.45, 2.75) is 17.9 Å². The first-order valence-corrected chi connectivity index (χ1v) is 12.2. The maximum Gasteiger partial charge on any atom is 0.295 e. The number of ketones is 1. The highest BCUT2D eigenvalue weighted by atomic mass is 32.2. The average molecular weight is 505 g/mol. The van der Waals surface area contributed by atoms with E-state index in [0.29, 0.717) is 5.56 Å². The first-order chi connectivity index (χ1) is 16.5. The van der Waals surface area contributed by atoms with Crippen molar-refractivity contribution in [3.05, 3.63) is 59.2 Å². The molecular formula is C24H28N2O8S. The Morgan fingerprint density at radius 1 is 1.11 bits per heavy atom. The number of phenols is 1. The van der Waals surface area contributed by atoms with Crippen molar-refractivity contribution in [2.24, 2.45) is 0 Å². The lowest BCUT2D eigenvalue weighted by Crippen LogP contribution is -2.32. The Kier molecular flexibility index (Phi) is 7.83. The molecule has 1 aliphatic heterocycles. The van der Waals surface area contributed by atoms with Crippen LogP contribution in [0.5, 0.6) is 11.5 Å². The number of Topliss-reactive ketones (excluding diaryl/α,β-unsaturated/α-hetero) is 1. The van der Waals surface area contributed by atoms with Crippen molar-refractivity contribution in [3.63, 3.8) is 0 Å². The number of likely N-dealkylation sites (tertiary alicyclic amines) is 1. The molecule has 3 rings (SSSR count). The van der Waals surface area contributed by atoms with E-state index in [2.05, 4.69) is 0 Å². The molecule has 0 aliphatic carbocycles. The predicted molar refractivity (Wildman–Crippen MR) is 127 cm³/mol. The lowest BCUT2D eigenvalue weighted by molar-refractivity contribution is -0.140. The SMILES string of the molecule is CCOc1cc(C2C(=C(O)c3ccc(S(=O)(=O)N(C)C)cc3)C(=O)C(=O)N2CCOC)ccc1O. The molecule has 0 saturated carbocycles. The van der Waals surface area contributed by atoms with Crippen molar-refractivity contribution in [3.8, 4) is 11.5 Å². The minimum Gasteiger partial charge on any atom is -0.507 e. The number of ether oxygens (including phenoxy) is 2. The van der Waals surface area contributed by atoms with Gasteiger partial charge in [0.25, 0.3) is 11.7 Å². The number of aliphatic hydroxyl groups excluding tert-OH is 1. The molecule has 1 saturated heterocycles. The molecule has 2 aromatic rings. The zero-order valence-corrected chi connectivity index (χ0v) is 20.7. The first kappa shape index (κ1) is 26.2. The molecule has 1 atom stereocenters. The number of benzene rings is 2. The molecule has 1 unspecified atom stereocenters. The number of carbonyl (C=O) groups is 2. The molecule has 0 bridgehead atoms. The summed E-state index contributed by atoms with van der Waals surface area (Å²) in [5, 5.41) is 21.2. The number of nitrogens with zero attached hydrogens (tertiary/aromatic N) is 2. The zero-order chi connectivity index (χ0) is 25.9. The van der Waals surface area contributed by atoms with Gasteiger partial charge in [0.2, 0.25) is 10.0 Å². The number of amides is 1. The van der Waals surface area contributed by atoms with Gasteiger partial charge >= 0.3 is 0 Å². The first-order valence-electron chi connectivity index (χ1n) is 10.8. The van der Waals surface area contributed by atoms with Gasteiger partial charge in [0, 0.05) is 33.3 Å². The number of sulfonamides is 1. The molecule has 0 spiro atoms. The van der Waals surface area contributed by atoms with Crippen LogP contribution in [0.4, 0.5) is 0 Å². The van der Waals surface area contributed by atoms with E-state index in [4.69, 9.17) is 9.47 Å². The molecule has 1 fully saturated rings. The number of hydrogen-bond acceptors (Lipinski definition) is 8. The Morgan fingerprint density at radius 3 is 2.34 bits per heavy atom. The van der Waals surface area contributed by atoms with Crippen molar-refractivity contribution in [2.75, 3.05) is 41.0 Å². The van der Waals surface area contributed by atoms with E-state index in [1.165, 1.54) is 68.6 Å². The summed E-state index contributed by atoms with van der Waals surface area (Å²) in [6, 6.07) is 8.82. The minimum absolute atomic E-state index is 0.0102. The van der Waals surface area contributed by atoms with Crippen molar-refractivity contribution < 1.29 is 37.7 Å². The summed E-state index contributed by atoms with van der Waals surface area (Å²) in [7, 11) is 0.574. The summed E-state index contributed by atoms with van der Waals surface area (Å²) in [5.74, 6) is -2.10. The quantitative estimate of drug-likeness (QED) is 0.301. The van der Waals surface area contributed by atoms with E-state index < -0.39 is 33.5 Å². The number of aliphatic hydroxyl groups is 1. The molecule has 188 valence electrons. The van der Waals surface area contributed by atoms with Crippen LogP contribution >= 0.6 is 0 Å². The molecule has 10 nitrogen and oxygen atoms in total. The third-order valence-corrected chi connectivity index (χ3v) is 7.41. The second-order valence-corrected chi connectivity index (χ2v) is 10.1. The van der Waals surface area contributed by atoms with Gasteiger partial charge in [-0.25, -0.2) is 12.7 Å². The van der Waals surface area contributed by atoms with Crippen LogP contribution in [0.1, 0.15) is 24.1 Å². The Balaban J connectivity index is 2.15. The van der Waals surface area contributed by atoms with Crippen LogP contribution in [0, 0.1) is 0 Å². The summed E-state index contributed by atoms with van der Waals surface area (Å²) >= 11 is 0. The van der Waals surface area contributed by atoms with E-state index in [1.807, 2.05) is 0 Å². The Hall–Kier alpha value is -3.41. The van der Waals surface area contributed by atoms with E-state index >= 15 is 0 Å². The summed E-state index contributed by atoms with van der Waals surface area (Å²) < 4.78 is 36.3. The number of phenolic OH excluding ortho intramolecular Hbond substituents is 1. The molecule has 2 N–H and O–H groups in total. The summed E-state index contributed by atoms with van der Waals surface area (Å²) in [6.07, 6.45) is 0. The fourth-order valence-electron chi connectivity index (χ4n) is 3.77. The topological polar surface area (TPSA) is 134 Å². The largest absolute Gasteiger partial charge is 0.507 e. The smallest absolute Gasteiger partial charge is 0.295 e. The van der Waals surface area contributed by atoms with Crippen LogP contribution in [0.2, 0.25) is 0 Å². The molecule has 2 aromatic carbocycles. The van der Waals surface area contributed by atoms with E-state index in [0.717, 1.165) is 4.31 Å². The lowest BCUT2D eigenvalue weighted by atomic mass is 9.95. The van der Waals surface area contributed by atoms with Crippen LogP contribution in [-0.4, -0.2) is 80.5 Å². The summed E-state index contributed by atoms with van der Waals surface area (Å²) in [4.78, 5) is 27.2. The van der Waals surface area contributed by atoms with Gasteiger partial charge in [0.05, 0.1) is 29.7 Å². The Bertz CT molecular complexity index is 1250. The number of hydrogen-bond donors (Lipinski definition) is 2. The van der Waals surface area contributed by atoms with Crippen molar-refractivity contribution in [1.29, 1.82) is 0 Å². The molecule has 1 amide bonds. The van der Waals surface area contributed by atoms with Crippen molar-refractivity contribution >= 4 is 27.5 Å². The highest BCUT2D eigenvalue weighted by Crippen LogP contribution is 2.41. The fourth-order valence-corrected chi connectivity index (χ4v) is 4.67. The minimum atomic E-state index is -3.69. The third kappa shape index (κ3) is 5.02. The summed E-state index contributed by atoms with van der Waals surface area (Å²) in [5.41, 5.74) is 0.443. The number of carbonyl (C=O) groups excluding carboxylic acids is 2. The van der Waals surface area contributed by atoms with Crippen LogP contribution < -0.4 is 4.74 Å². The molecule has 1 aliphatic rings. The second kappa shape index (κ2) is 10.5. The molecule has 0 radical (unpaired) electrons. The van der Waals surface area contributed by atoms with Crippen LogP contribution in [-0.2, 0) is 24.3 Å². The van der Waals surface area contributed by atoms with Gasteiger partial charge in [-0.2, -0.15) is 0 Å². The third-order valence-electron chi connectivity index (χ3n) is 5.58.